The van der Waals surface area contributed by atoms with Crippen LogP contribution in [0, 0.1) is 13.8 Å². The number of anilines is 2. The van der Waals surface area contributed by atoms with Crippen molar-refractivity contribution < 1.29 is 19.0 Å². The van der Waals surface area contributed by atoms with Gasteiger partial charge in [0, 0.05) is 34.9 Å². The highest BCUT2D eigenvalue weighted by Gasteiger charge is 2.17. The first-order valence-corrected chi connectivity index (χ1v) is 11.0. The third-order valence-corrected chi connectivity index (χ3v) is 4.90. The van der Waals surface area contributed by atoms with Crippen molar-refractivity contribution in [1.29, 1.82) is 0 Å². The lowest BCUT2D eigenvalue weighted by atomic mass is 10.2. The fourth-order valence-electron chi connectivity index (χ4n) is 3.33. The van der Waals surface area contributed by atoms with Gasteiger partial charge in [0.25, 0.3) is 0 Å². The summed E-state index contributed by atoms with van der Waals surface area (Å²) in [5, 5.41) is 3.20. The number of nitrogens with zero attached hydrogens (tertiary/aromatic N) is 4. The van der Waals surface area contributed by atoms with E-state index in [1.54, 1.807) is 26.2 Å². The molecule has 0 radical (unpaired) electrons. The molecular formula is C26H25N5O4. The summed E-state index contributed by atoms with van der Waals surface area (Å²) < 4.78 is 16.3. The van der Waals surface area contributed by atoms with Gasteiger partial charge in [-0.3, -0.25) is 0 Å². The van der Waals surface area contributed by atoms with E-state index < -0.39 is 5.97 Å². The quantitative estimate of drug-likeness (QED) is 0.344. The lowest BCUT2D eigenvalue weighted by molar-refractivity contribution is 0.0526. The molecule has 0 bridgehead atoms. The van der Waals surface area contributed by atoms with Crippen LogP contribution < -0.4 is 14.8 Å². The SMILES string of the molecule is CCOC(=O)c1cnc(-c2ccc(OC)cc2)nc1Nc1cccc(Oc2nc(C)cc(C)n2)c1. The van der Waals surface area contributed by atoms with Crippen LogP contribution in [-0.4, -0.2) is 39.6 Å². The van der Waals surface area contributed by atoms with Gasteiger partial charge in [0.05, 0.1) is 13.7 Å². The van der Waals surface area contributed by atoms with Crippen molar-refractivity contribution in [3.8, 4) is 28.9 Å². The predicted octanol–water partition coefficient (Wildman–Crippen LogP) is 5.27. The molecule has 2 aromatic heterocycles. The summed E-state index contributed by atoms with van der Waals surface area (Å²) in [6, 6.07) is 16.7. The molecule has 2 heterocycles. The molecule has 35 heavy (non-hydrogen) atoms. The summed E-state index contributed by atoms with van der Waals surface area (Å²) in [5.41, 5.74) is 3.26. The number of rotatable bonds is 8. The fourth-order valence-corrected chi connectivity index (χ4v) is 3.33. The van der Waals surface area contributed by atoms with Crippen molar-refractivity contribution in [2.75, 3.05) is 19.0 Å². The van der Waals surface area contributed by atoms with Gasteiger partial charge in [0.15, 0.2) is 5.82 Å². The molecule has 0 aliphatic heterocycles. The van der Waals surface area contributed by atoms with Crippen molar-refractivity contribution in [1.82, 2.24) is 19.9 Å². The monoisotopic (exact) mass is 471 g/mol. The molecule has 178 valence electrons. The van der Waals surface area contributed by atoms with E-state index >= 15 is 0 Å². The Morgan fingerprint density at radius 3 is 2.37 bits per heavy atom. The molecule has 0 atom stereocenters. The number of methoxy groups -OCH3 is 1. The van der Waals surface area contributed by atoms with Gasteiger partial charge in [0.1, 0.15) is 22.9 Å². The first kappa shape index (κ1) is 23.6. The number of carbonyl (C=O) groups excluding carboxylic acids is 1. The van der Waals surface area contributed by atoms with Crippen LogP contribution in [0.25, 0.3) is 11.4 Å². The molecule has 0 saturated carbocycles. The highest BCUT2D eigenvalue weighted by molar-refractivity contribution is 5.95. The van der Waals surface area contributed by atoms with Crippen molar-refractivity contribution in [3.05, 3.63) is 77.7 Å². The molecule has 1 N–H and O–H groups in total. The summed E-state index contributed by atoms with van der Waals surface area (Å²) in [6.07, 6.45) is 1.45. The Bertz CT molecular complexity index is 1320. The zero-order valence-electron chi connectivity index (χ0n) is 19.9. The minimum Gasteiger partial charge on any atom is -0.497 e. The number of aryl methyl sites for hydroxylation is 2. The summed E-state index contributed by atoms with van der Waals surface area (Å²) in [5.74, 6) is 1.48. The summed E-state index contributed by atoms with van der Waals surface area (Å²) in [7, 11) is 1.60. The van der Waals surface area contributed by atoms with E-state index in [2.05, 4.69) is 25.3 Å². The molecule has 0 saturated heterocycles. The number of hydrogen-bond donors (Lipinski definition) is 1. The molecule has 0 fully saturated rings. The molecule has 9 heteroatoms. The minimum atomic E-state index is -0.521. The summed E-state index contributed by atoms with van der Waals surface area (Å²) in [6.45, 7) is 5.74. The Morgan fingerprint density at radius 2 is 1.69 bits per heavy atom. The van der Waals surface area contributed by atoms with E-state index in [1.165, 1.54) is 6.20 Å². The van der Waals surface area contributed by atoms with Gasteiger partial charge in [-0.15, -0.1) is 0 Å². The zero-order chi connectivity index (χ0) is 24.8. The lowest BCUT2D eigenvalue weighted by Crippen LogP contribution is -2.11. The maximum Gasteiger partial charge on any atom is 0.343 e. The molecule has 4 aromatic rings. The highest BCUT2D eigenvalue weighted by atomic mass is 16.5. The highest BCUT2D eigenvalue weighted by Crippen LogP contribution is 2.27. The molecule has 0 aliphatic carbocycles. The smallest absolute Gasteiger partial charge is 0.343 e. The predicted molar refractivity (Wildman–Crippen MR) is 131 cm³/mol. The fraction of sp³-hybridized carbons (Fsp3) is 0.192. The molecule has 9 nitrogen and oxygen atoms in total. The largest absolute Gasteiger partial charge is 0.497 e. The number of benzene rings is 2. The molecular weight excluding hydrogens is 446 g/mol. The summed E-state index contributed by atoms with van der Waals surface area (Å²) in [4.78, 5) is 30.2. The number of aromatic nitrogens is 4. The average molecular weight is 472 g/mol. The van der Waals surface area contributed by atoms with Crippen LogP contribution in [0.1, 0.15) is 28.7 Å². The van der Waals surface area contributed by atoms with Crippen LogP contribution in [0.2, 0.25) is 0 Å². The van der Waals surface area contributed by atoms with Crippen LogP contribution in [0.5, 0.6) is 17.5 Å². The van der Waals surface area contributed by atoms with Gasteiger partial charge in [-0.1, -0.05) is 6.07 Å². The first-order valence-electron chi connectivity index (χ1n) is 11.0. The number of esters is 1. The average Bonchev–Trinajstić information content (AvgIpc) is 2.84. The number of hydrogen-bond acceptors (Lipinski definition) is 9. The topological polar surface area (TPSA) is 108 Å². The van der Waals surface area contributed by atoms with Gasteiger partial charge >= 0.3 is 12.0 Å². The molecule has 0 aliphatic rings. The van der Waals surface area contributed by atoms with Crippen molar-refractivity contribution >= 4 is 17.5 Å². The normalized spacial score (nSPS) is 10.5. The second-order valence-electron chi connectivity index (χ2n) is 7.59. The van der Waals surface area contributed by atoms with E-state index in [-0.39, 0.29) is 18.2 Å². The van der Waals surface area contributed by atoms with E-state index in [0.29, 0.717) is 23.1 Å². The van der Waals surface area contributed by atoms with Gasteiger partial charge < -0.3 is 19.5 Å². The van der Waals surface area contributed by atoms with E-state index in [4.69, 9.17) is 14.2 Å². The lowest BCUT2D eigenvalue weighted by Gasteiger charge is -2.13. The number of nitrogens with one attached hydrogen (secondary N) is 1. The second-order valence-corrected chi connectivity index (χ2v) is 7.59. The van der Waals surface area contributed by atoms with Gasteiger partial charge in [-0.2, -0.15) is 0 Å². The Labute approximate surface area is 203 Å². The molecule has 2 aromatic carbocycles. The van der Waals surface area contributed by atoms with Crippen molar-refractivity contribution in [2.45, 2.75) is 20.8 Å². The van der Waals surface area contributed by atoms with Crippen molar-refractivity contribution in [3.63, 3.8) is 0 Å². The van der Waals surface area contributed by atoms with Gasteiger partial charge in [-0.25, -0.2) is 24.7 Å². The van der Waals surface area contributed by atoms with Crippen LogP contribution >= 0.6 is 0 Å². The Hall–Kier alpha value is -4.53. The molecule has 0 spiro atoms. The third-order valence-electron chi connectivity index (χ3n) is 4.90. The Morgan fingerprint density at radius 1 is 0.943 bits per heavy atom. The molecule has 0 unspecified atom stereocenters. The van der Waals surface area contributed by atoms with E-state index in [1.807, 2.05) is 56.3 Å². The molecule has 4 rings (SSSR count). The standard InChI is InChI=1S/C26H25N5O4/c1-5-34-25(32)22-15-27-23(18-9-11-20(33-4)12-10-18)31-24(22)30-19-7-6-8-21(14-19)35-26-28-16(2)13-17(3)29-26/h6-15H,5H2,1-4H3,(H,27,30,31). The van der Waals surface area contributed by atoms with Gasteiger partial charge in [0.2, 0.25) is 0 Å². The number of carbonyl (C=O) groups is 1. The Kier molecular flexibility index (Phi) is 7.15. The van der Waals surface area contributed by atoms with E-state index in [9.17, 15) is 4.79 Å². The van der Waals surface area contributed by atoms with Crippen LogP contribution in [0.3, 0.4) is 0 Å². The first-order chi connectivity index (χ1) is 16.9. The minimum absolute atomic E-state index is 0.216. The maximum absolute atomic E-state index is 12.6. The van der Waals surface area contributed by atoms with E-state index in [0.717, 1.165) is 22.7 Å². The summed E-state index contributed by atoms with van der Waals surface area (Å²) >= 11 is 0. The molecule has 0 amide bonds. The van der Waals surface area contributed by atoms with Crippen LogP contribution in [0.4, 0.5) is 11.5 Å². The number of ether oxygens (including phenoxy) is 3. The maximum atomic E-state index is 12.6. The van der Waals surface area contributed by atoms with Crippen molar-refractivity contribution in [2.24, 2.45) is 0 Å². The zero-order valence-corrected chi connectivity index (χ0v) is 19.9. The van der Waals surface area contributed by atoms with Crippen LogP contribution in [0.15, 0.2) is 60.8 Å². The van der Waals surface area contributed by atoms with Crippen LogP contribution in [-0.2, 0) is 4.74 Å². The third kappa shape index (κ3) is 5.89. The Balaban J connectivity index is 1.65. The van der Waals surface area contributed by atoms with Gasteiger partial charge in [-0.05, 0) is 63.2 Å². The second kappa shape index (κ2) is 10.6.